The molecule has 12 heavy (non-hydrogen) atoms. The number of aromatic nitrogens is 1. The Morgan fingerprint density at radius 3 is 2.83 bits per heavy atom. The number of nitriles is 1. The summed E-state index contributed by atoms with van der Waals surface area (Å²) in [6, 6.07) is 2.71. The standard InChI is InChI=1S/C6H6N4O2/c7-2-3-4(11)1-5(10-8)9-6(3)12/h1H,8H2,(H3,9,10,11,12). The van der Waals surface area contributed by atoms with Gasteiger partial charge in [-0.2, -0.15) is 5.26 Å². The van der Waals surface area contributed by atoms with E-state index in [4.69, 9.17) is 16.2 Å². The molecule has 6 heteroatoms. The predicted molar refractivity (Wildman–Crippen MR) is 41.3 cm³/mol. The summed E-state index contributed by atoms with van der Waals surface area (Å²) in [4.78, 5) is 13.2. The topological polar surface area (TPSA) is 115 Å². The smallest absolute Gasteiger partial charge is 0.271 e. The number of aromatic hydroxyl groups is 1. The van der Waals surface area contributed by atoms with E-state index in [1.807, 2.05) is 0 Å². The molecule has 0 atom stereocenters. The average Bonchev–Trinajstić information content (AvgIpc) is 2.03. The van der Waals surface area contributed by atoms with E-state index in [1.165, 1.54) is 0 Å². The second kappa shape index (κ2) is 2.94. The number of nitrogens with zero attached hydrogens (tertiary/aromatic N) is 1. The molecule has 0 aliphatic carbocycles. The lowest BCUT2D eigenvalue weighted by atomic mass is 10.3. The Morgan fingerprint density at radius 2 is 2.42 bits per heavy atom. The van der Waals surface area contributed by atoms with Crippen LogP contribution in [-0.2, 0) is 0 Å². The number of nitrogens with one attached hydrogen (secondary N) is 2. The van der Waals surface area contributed by atoms with Crippen LogP contribution in [0.3, 0.4) is 0 Å². The zero-order chi connectivity index (χ0) is 9.14. The fraction of sp³-hybridized carbons (Fsp3) is 0. The number of rotatable bonds is 1. The highest BCUT2D eigenvalue weighted by atomic mass is 16.3. The van der Waals surface area contributed by atoms with Crippen molar-refractivity contribution in [2.45, 2.75) is 0 Å². The number of H-pyrrole nitrogens is 1. The number of hydrogen-bond acceptors (Lipinski definition) is 5. The maximum Gasteiger partial charge on any atom is 0.271 e. The van der Waals surface area contributed by atoms with Gasteiger partial charge in [-0.05, 0) is 0 Å². The van der Waals surface area contributed by atoms with Crippen LogP contribution in [0, 0.1) is 11.3 Å². The first-order valence-electron chi connectivity index (χ1n) is 3.02. The summed E-state index contributed by atoms with van der Waals surface area (Å²) >= 11 is 0. The Balaban J connectivity index is 3.41. The molecule has 0 saturated heterocycles. The highest BCUT2D eigenvalue weighted by molar-refractivity contribution is 5.48. The van der Waals surface area contributed by atoms with Crippen molar-refractivity contribution in [3.05, 3.63) is 22.0 Å². The van der Waals surface area contributed by atoms with E-state index < -0.39 is 11.3 Å². The summed E-state index contributed by atoms with van der Waals surface area (Å²) in [5, 5.41) is 17.4. The molecule has 0 aliphatic heterocycles. The number of anilines is 1. The molecule has 0 saturated carbocycles. The summed E-state index contributed by atoms with van der Waals surface area (Å²) < 4.78 is 0. The van der Waals surface area contributed by atoms with E-state index in [9.17, 15) is 4.79 Å². The highest BCUT2D eigenvalue weighted by Gasteiger charge is 2.06. The third kappa shape index (κ3) is 1.21. The van der Waals surface area contributed by atoms with Gasteiger partial charge in [0.25, 0.3) is 5.56 Å². The van der Waals surface area contributed by atoms with Crippen LogP contribution in [0.5, 0.6) is 5.75 Å². The predicted octanol–water partition coefficient (Wildman–Crippen LogP) is -0.762. The van der Waals surface area contributed by atoms with Crippen molar-refractivity contribution >= 4 is 5.82 Å². The van der Waals surface area contributed by atoms with Crippen molar-refractivity contribution in [1.29, 1.82) is 5.26 Å². The third-order valence-corrected chi connectivity index (χ3v) is 1.28. The van der Waals surface area contributed by atoms with Gasteiger partial charge in [-0.25, -0.2) is 5.84 Å². The monoisotopic (exact) mass is 166 g/mol. The first-order chi connectivity index (χ1) is 5.69. The van der Waals surface area contributed by atoms with E-state index in [-0.39, 0.29) is 11.4 Å². The van der Waals surface area contributed by atoms with E-state index in [1.54, 1.807) is 6.07 Å². The van der Waals surface area contributed by atoms with Gasteiger partial charge in [-0.1, -0.05) is 0 Å². The molecule has 0 spiro atoms. The van der Waals surface area contributed by atoms with Crippen molar-refractivity contribution in [2.24, 2.45) is 5.84 Å². The number of aromatic amines is 1. The number of hydrogen-bond donors (Lipinski definition) is 4. The molecule has 0 radical (unpaired) electrons. The maximum atomic E-state index is 10.9. The zero-order valence-corrected chi connectivity index (χ0v) is 5.96. The van der Waals surface area contributed by atoms with Gasteiger partial charge in [0.1, 0.15) is 17.6 Å². The van der Waals surface area contributed by atoms with Gasteiger partial charge in [-0.3, -0.25) is 4.79 Å². The summed E-state index contributed by atoms with van der Waals surface area (Å²) in [7, 11) is 0. The molecule has 6 nitrogen and oxygen atoms in total. The first-order valence-corrected chi connectivity index (χ1v) is 3.02. The summed E-state index contributed by atoms with van der Waals surface area (Å²) in [5.74, 6) is 4.72. The van der Waals surface area contributed by atoms with E-state index >= 15 is 0 Å². The maximum absolute atomic E-state index is 10.9. The lowest BCUT2D eigenvalue weighted by molar-refractivity contribution is 0.472. The van der Waals surface area contributed by atoms with E-state index in [2.05, 4.69) is 10.4 Å². The van der Waals surface area contributed by atoms with Crippen molar-refractivity contribution < 1.29 is 5.11 Å². The Hall–Kier alpha value is -2.00. The number of nitrogen functional groups attached to an aromatic ring is 1. The van der Waals surface area contributed by atoms with Gasteiger partial charge >= 0.3 is 0 Å². The molecule has 1 aromatic rings. The number of pyridine rings is 1. The van der Waals surface area contributed by atoms with Gasteiger partial charge in [-0.15, -0.1) is 0 Å². The van der Waals surface area contributed by atoms with Crippen LogP contribution < -0.4 is 16.8 Å². The summed E-state index contributed by atoms with van der Waals surface area (Å²) in [5.41, 5.74) is 1.13. The largest absolute Gasteiger partial charge is 0.506 e. The van der Waals surface area contributed by atoms with Gasteiger partial charge in [0.15, 0.2) is 5.56 Å². The average molecular weight is 166 g/mol. The number of hydrazine groups is 1. The minimum absolute atomic E-state index is 0.150. The quantitative estimate of drug-likeness (QED) is 0.323. The molecule has 62 valence electrons. The van der Waals surface area contributed by atoms with Gasteiger partial charge < -0.3 is 15.5 Å². The Kier molecular flexibility index (Phi) is 1.98. The first kappa shape index (κ1) is 8.10. The molecule has 0 aromatic carbocycles. The molecule has 0 aliphatic rings. The van der Waals surface area contributed by atoms with Crippen LogP contribution in [0.25, 0.3) is 0 Å². The van der Waals surface area contributed by atoms with Crippen LogP contribution in [-0.4, -0.2) is 10.1 Å². The van der Waals surface area contributed by atoms with Gasteiger partial charge in [0, 0.05) is 6.07 Å². The molecular weight excluding hydrogens is 160 g/mol. The fourth-order valence-corrected chi connectivity index (χ4v) is 0.732. The SMILES string of the molecule is N#Cc1c(O)cc(NN)[nH]c1=O. The summed E-state index contributed by atoms with van der Waals surface area (Å²) in [6.45, 7) is 0. The van der Waals surface area contributed by atoms with Crippen LogP contribution >= 0.6 is 0 Å². The highest BCUT2D eigenvalue weighted by Crippen LogP contribution is 2.13. The van der Waals surface area contributed by atoms with Crippen molar-refractivity contribution in [3.8, 4) is 11.8 Å². The molecule has 0 unspecified atom stereocenters. The molecule has 0 bridgehead atoms. The third-order valence-electron chi connectivity index (χ3n) is 1.28. The van der Waals surface area contributed by atoms with E-state index in [0.29, 0.717) is 0 Å². The van der Waals surface area contributed by atoms with Crippen molar-refractivity contribution in [3.63, 3.8) is 0 Å². The fourth-order valence-electron chi connectivity index (χ4n) is 0.732. The van der Waals surface area contributed by atoms with Crippen LogP contribution in [0.4, 0.5) is 5.82 Å². The summed E-state index contributed by atoms with van der Waals surface area (Å²) in [6.07, 6.45) is 0. The normalized spacial score (nSPS) is 9.00. The van der Waals surface area contributed by atoms with Crippen LogP contribution in [0.2, 0.25) is 0 Å². The minimum atomic E-state index is -0.676. The lowest BCUT2D eigenvalue weighted by Gasteiger charge is -2.00. The molecule has 5 N–H and O–H groups in total. The minimum Gasteiger partial charge on any atom is -0.506 e. The molecule has 1 rings (SSSR count). The molecule has 1 heterocycles. The number of nitrogens with two attached hydrogens (primary N) is 1. The second-order valence-corrected chi connectivity index (χ2v) is 2.03. The van der Waals surface area contributed by atoms with Crippen molar-refractivity contribution in [2.75, 3.05) is 5.43 Å². The van der Waals surface area contributed by atoms with Crippen LogP contribution in [0.15, 0.2) is 10.9 Å². The Morgan fingerprint density at radius 1 is 1.75 bits per heavy atom. The van der Waals surface area contributed by atoms with Gasteiger partial charge in [0.05, 0.1) is 0 Å². The van der Waals surface area contributed by atoms with E-state index in [0.717, 1.165) is 6.07 Å². The van der Waals surface area contributed by atoms with Crippen molar-refractivity contribution in [1.82, 2.24) is 4.98 Å². The molecule has 1 aromatic heterocycles. The molecule has 0 amide bonds. The lowest BCUT2D eigenvalue weighted by Crippen LogP contribution is -2.16. The Labute approximate surface area is 67.2 Å². The molecular formula is C6H6N4O2. The second-order valence-electron chi connectivity index (χ2n) is 2.03. The zero-order valence-electron chi connectivity index (χ0n) is 5.96. The van der Waals surface area contributed by atoms with Crippen LogP contribution in [0.1, 0.15) is 5.56 Å². The Bertz CT molecular complexity index is 390. The van der Waals surface area contributed by atoms with Gasteiger partial charge in [0.2, 0.25) is 0 Å². The molecule has 0 fully saturated rings.